The van der Waals surface area contributed by atoms with Gasteiger partial charge in [0.15, 0.2) is 0 Å². The first kappa shape index (κ1) is 15.4. The van der Waals surface area contributed by atoms with Gasteiger partial charge in [0.05, 0.1) is 0 Å². The van der Waals surface area contributed by atoms with Gasteiger partial charge in [-0.1, -0.05) is 46.0 Å². The standard InChI is InChI=1S/C18H35N/c1-4-15(3)19-12-10-18(11-13-19)14-17-8-6-16(5-2)7-9-17/h15-18H,4-14H2,1-3H3. The maximum absolute atomic E-state index is 2.71. The Morgan fingerprint density at radius 1 is 0.842 bits per heavy atom. The highest BCUT2D eigenvalue weighted by Crippen LogP contribution is 2.36. The van der Waals surface area contributed by atoms with Crippen LogP contribution in [0.4, 0.5) is 0 Å². The molecule has 1 aliphatic carbocycles. The molecule has 2 rings (SSSR count). The third-order valence-electron chi connectivity index (χ3n) is 6.07. The van der Waals surface area contributed by atoms with Crippen molar-refractivity contribution in [2.75, 3.05) is 13.1 Å². The van der Waals surface area contributed by atoms with E-state index in [1.807, 2.05) is 0 Å². The van der Waals surface area contributed by atoms with Crippen molar-refractivity contribution >= 4 is 0 Å². The molecule has 1 saturated carbocycles. The molecular weight excluding hydrogens is 230 g/mol. The fourth-order valence-corrected chi connectivity index (χ4v) is 4.23. The molecule has 1 heteroatoms. The highest BCUT2D eigenvalue weighted by Gasteiger charge is 2.26. The minimum atomic E-state index is 0.806. The molecule has 0 radical (unpaired) electrons. The molecule has 1 aliphatic heterocycles. The van der Waals surface area contributed by atoms with Gasteiger partial charge in [-0.15, -0.1) is 0 Å². The average Bonchev–Trinajstić information content (AvgIpc) is 2.48. The summed E-state index contributed by atoms with van der Waals surface area (Å²) in [5.74, 6) is 3.18. The first-order valence-corrected chi connectivity index (χ1v) is 8.96. The van der Waals surface area contributed by atoms with E-state index >= 15 is 0 Å². The molecule has 1 nitrogen and oxygen atoms in total. The van der Waals surface area contributed by atoms with Gasteiger partial charge in [0, 0.05) is 6.04 Å². The fraction of sp³-hybridized carbons (Fsp3) is 1.00. The second-order valence-corrected chi connectivity index (χ2v) is 7.27. The van der Waals surface area contributed by atoms with Gasteiger partial charge in [-0.2, -0.15) is 0 Å². The van der Waals surface area contributed by atoms with Gasteiger partial charge in [-0.25, -0.2) is 0 Å². The lowest BCUT2D eigenvalue weighted by Gasteiger charge is -2.38. The van der Waals surface area contributed by atoms with E-state index in [1.54, 1.807) is 6.42 Å². The van der Waals surface area contributed by atoms with Crippen molar-refractivity contribution in [3.63, 3.8) is 0 Å². The lowest BCUT2D eigenvalue weighted by molar-refractivity contribution is 0.118. The van der Waals surface area contributed by atoms with E-state index in [1.165, 1.54) is 64.5 Å². The highest BCUT2D eigenvalue weighted by atomic mass is 15.2. The van der Waals surface area contributed by atoms with Crippen LogP contribution in [-0.2, 0) is 0 Å². The summed E-state index contributed by atoms with van der Waals surface area (Å²) in [6.45, 7) is 9.82. The second-order valence-electron chi connectivity index (χ2n) is 7.27. The highest BCUT2D eigenvalue weighted by molar-refractivity contribution is 4.79. The minimum absolute atomic E-state index is 0.806. The van der Waals surface area contributed by atoms with Crippen molar-refractivity contribution in [3.05, 3.63) is 0 Å². The molecule has 19 heavy (non-hydrogen) atoms. The summed E-state index contributed by atoms with van der Waals surface area (Å²) >= 11 is 0. The maximum Gasteiger partial charge on any atom is 0.00643 e. The number of hydrogen-bond donors (Lipinski definition) is 0. The van der Waals surface area contributed by atoms with Crippen LogP contribution in [0.3, 0.4) is 0 Å². The third kappa shape index (κ3) is 4.48. The van der Waals surface area contributed by atoms with E-state index < -0.39 is 0 Å². The van der Waals surface area contributed by atoms with Crippen LogP contribution >= 0.6 is 0 Å². The Balaban J connectivity index is 1.66. The lowest BCUT2D eigenvalue weighted by Crippen LogP contribution is -2.40. The predicted octanol–water partition coefficient (Wildman–Crippen LogP) is 5.10. The van der Waals surface area contributed by atoms with E-state index in [0.717, 1.165) is 23.8 Å². The van der Waals surface area contributed by atoms with Gasteiger partial charge in [0.2, 0.25) is 0 Å². The van der Waals surface area contributed by atoms with Crippen molar-refractivity contribution < 1.29 is 0 Å². The van der Waals surface area contributed by atoms with Gasteiger partial charge in [0.25, 0.3) is 0 Å². The van der Waals surface area contributed by atoms with E-state index in [0.29, 0.717) is 0 Å². The topological polar surface area (TPSA) is 3.24 Å². The average molecular weight is 265 g/mol. The molecule has 1 atom stereocenters. The zero-order chi connectivity index (χ0) is 13.7. The van der Waals surface area contributed by atoms with Crippen LogP contribution in [0.15, 0.2) is 0 Å². The van der Waals surface area contributed by atoms with Gasteiger partial charge >= 0.3 is 0 Å². The third-order valence-corrected chi connectivity index (χ3v) is 6.07. The Hall–Kier alpha value is -0.0400. The van der Waals surface area contributed by atoms with Gasteiger partial charge in [-0.3, -0.25) is 0 Å². The summed E-state index contributed by atoms with van der Waals surface area (Å²) in [6, 6.07) is 0.806. The Morgan fingerprint density at radius 3 is 1.89 bits per heavy atom. The molecule has 0 bridgehead atoms. The van der Waals surface area contributed by atoms with Crippen LogP contribution in [0, 0.1) is 17.8 Å². The summed E-state index contributed by atoms with van der Waals surface area (Å²) in [6.07, 6.45) is 13.3. The molecule has 0 spiro atoms. The molecule has 1 unspecified atom stereocenters. The molecule has 0 amide bonds. The molecule has 0 N–H and O–H groups in total. The number of rotatable bonds is 5. The summed E-state index contributed by atoms with van der Waals surface area (Å²) in [4.78, 5) is 2.71. The quantitative estimate of drug-likeness (QED) is 0.668. The van der Waals surface area contributed by atoms with E-state index in [4.69, 9.17) is 0 Å². The van der Waals surface area contributed by atoms with E-state index in [9.17, 15) is 0 Å². The summed E-state index contributed by atoms with van der Waals surface area (Å²) in [7, 11) is 0. The monoisotopic (exact) mass is 265 g/mol. The van der Waals surface area contributed by atoms with Crippen molar-refractivity contribution in [2.45, 2.75) is 84.6 Å². The molecule has 0 aromatic carbocycles. The van der Waals surface area contributed by atoms with Crippen LogP contribution in [0.2, 0.25) is 0 Å². The number of likely N-dealkylation sites (tertiary alicyclic amines) is 1. The largest absolute Gasteiger partial charge is 0.301 e. The second kappa shape index (κ2) is 7.67. The molecule has 0 aromatic rings. The first-order valence-electron chi connectivity index (χ1n) is 8.96. The molecule has 2 aliphatic rings. The van der Waals surface area contributed by atoms with Gasteiger partial charge < -0.3 is 4.90 Å². The van der Waals surface area contributed by atoms with Gasteiger partial charge in [-0.05, 0) is 63.5 Å². The van der Waals surface area contributed by atoms with Crippen LogP contribution in [0.25, 0.3) is 0 Å². The van der Waals surface area contributed by atoms with Crippen LogP contribution in [-0.4, -0.2) is 24.0 Å². The Labute approximate surface area is 121 Å². The van der Waals surface area contributed by atoms with Crippen LogP contribution in [0.5, 0.6) is 0 Å². The maximum atomic E-state index is 2.71. The van der Waals surface area contributed by atoms with Crippen molar-refractivity contribution in [1.29, 1.82) is 0 Å². The zero-order valence-corrected chi connectivity index (χ0v) is 13.5. The number of piperidine rings is 1. The van der Waals surface area contributed by atoms with Crippen LogP contribution in [0.1, 0.15) is 78.6 Å². The first-order chi connectivity index (χ1) is 9.22. The lowest BCUT2D eigenvalue weighted by atomic mass is 9.75. The number of nitrogens with zero attached hydrogens (tertiary/aromatic N) is 1. The smallest absolute Gasteiger partial charge is 0.00643 e. The predicted molar refractivity (Wildman–Crippen MR) is 84.4 cm³/mol. The Morgan fingerprint density at radius 2 is 1.37 bits per heavy atom. The Bertz CT molecular complexity index is 234. The summed E-state index contributed by atoms with van der Waals surface area (Å²) in [5, 5.41) is 0. The van der Waals surface area contributed by atoms with Gasteiger partial charge in [0.1, 0.15) is 0 Å². The number of hydrogen-bond acceptors (Lipinski definition) is 1. The van der Waals surface area contributed by atoms with Crippen molar-refractivity contribution in [2.24, 2.45) is 17.8 Å². The van der Waals surface area contributed by atoms with Crippen LogP contribution < -0.4 is 0 Å². The molecule has 112 valence electrons. The molecular formula is C18H35N. The van der Waals surface area contributed by atoms with Crippen molar-refractivity contribution in [3.8, 4) is 0 Å². The summed E-state index contributed by atoms with van der Waals surface area (Å²) < 4.78 is 0. The molecule has 1 heterocycles. The van der Waals surface area contributed by atoms with E-state index in [2.05, 4.69) is 25.7 Å². The normalized spacial score (nSPS) is 32.4. The molecule has 2 fully saturated rings. The van der Waals surface area contributed by atoms with E-state index in [-0.39, 0.29) is 0 Å². The minimum Gasteiger partial charge on any atom is -0.301 e. The zero-order valence-electron chi connectivity index (χ0n) is 13.5. The molecule has 0 aromatic heterocycles. The summed E-state index contributed by atoms with van der Waals surface area (Å²) in [5.41, 5.74) is 0. The Kier molecular flexibility index (Phi) is 6.19. The van der Waals surface area contributed by atoms with Crippen molar-refractivity contribution in [1.82, 2.24) is 4.90 Å². The molecule has 1 saturated heterocycles. The fourth-order valence-electron chi connectivity index (χ4n) is 4.23. The SMILES string of the molecule is CCC1CCC(CC2CCN(C(C)CC)CC2)CC1.